The van der Waals surface area contributed by atoms with Gasteiger partial charge in [0.25, 0.3) is 0 Å². The van der Waals surface area contributed by atoms with E-state index >= 15 is 0 Å². The quantitative estimate of drug-likeness (QED) is 0.0316. The fourth-order valence-electron chi connectivity index (χ4n) is 5.62. The smallest absolute Gasteiger partial charge is 0.0643 e. The van der Waals surface area contributed by atoms with E-state index in [1.807, 2.05) is 0 Å². The maximum atomic E-state index is 10.1. The van der Waals surface area contributed by atoms with Crippen LogP contribution in [0.1, 0.15) is 261 Å². The summed E-state index contributed by atoms with van der Waals surface area (Å²) in [6.45, 7) is 18.2. The van der Waals surface area contributed by atoms with Crippen molar-refractivity contribution in [3.05, 3.63) is 24.3 Å². The molecule has 0 aliphatic heterocycles. The summed E-state index contributed by atoms with van der Waals surface area (Å²) < 4.78 is 9.75. The molecule has 0 N–H and O–H groups in total. The van der Waals surface area contributed by atoms with Crippen LogP contribution in [0.25, 0.3) is 0 Å². The second-order valence-corrected chi connectivity index (χ2v) is 30.1. The molecule has 0 amide bonds. The predicted octanol–water partition coefficient (Wildman–Crippen LogP) is 8.78. The van der Waals surface area contributed by atoms with E-state index in [2.05, 4.69) is 55.4 Å². The molecular weight excluding hydrogens is 1220 g/mol. The molecule has 0 radical (unpaired) electrons. The maximum Gasteiger partial charge on any atom is 0.0643 e. The van der Waals surface area contributed by atoms with Crippen molar-refractivity contribution in [1.82, 2.24) is 0 Å². The number of carboxylic acids is 6. The number of carbonyl (C=O) groups is 6. The average molecular weight is 1330 g/mol. The Bertz CT molecular complexity index is 1000. The van der Waals surface area contributed by atoms with E-state index in [1.54, 1.807) is 26.6 Å². The van der Waals surface area contributed by atoms with Crippen molar-refractivity contribution in [2.24, 2.45) is 0 Å². The summed E-state index contributed by atoms with van der Waals surface area (Å²) in [4.78, 5) is 57.8. The van der Waals surface area contributed by atoms with E-state index in [0.717, 1.165) is 25.7 Å². The Morgan fingerprint density at radius 1 is 0.254 bits per heavy atom. The average Bonchev–Trinajstić information content (AvgIpc) is 3.32. The van der Waals surface area contributed by atoms with E-state index in [0.29, 0.717) is 24.3 Å². The summed E-state index contributed by atoms with van der Waals surface area (Å²) in [5.74, 6) is -8.01. The Balaban J connectivity index is -0.000000136. The summed E-state index contributed by atoms with van der Waals surface area (Å²) >= 11 is 0.448. The molecule has 0 aromatic carbocycles. The molecular formula is C56H104O12Sn3. The van der Waals surface area contributed by atoms with Crippen LogP contribution in [0.2, 0.25) is 26.6 Å². The third-order valence-corrected chi connectivity index (χ3v) is 22.0. The fraction of sp³-hybridized carbons (Fsp3) is 0.821. The molecule has 0 saturated heterocycles. The number of carboxylic acid groups (broad SMARTS) is 6. The van der Waals surface area contributed by atoms with Crippen LogP contribution in [0.4, 0.5) is 0 Å². The van der Waals surface area contributed by atoms with Crippen LogP contribution in [0.5, 0.6) is 0 Å². The van der Waals surface area contributed by atoms with Gasteiger partial charge in [0, 0.05) is 11.9 Å². The van der Waals surface area contributed by atoms with Crippen LogP contribution in [-0.4, -0.2) is 99.2 Å². The van der Waals surface area contributed by atoms with E-state index in [-0.39, 0.29) is 76.3 Å². The van der Waals surface area contributed by atoms with Gasteiger partial charge in [-0.15, -0.1) is 0 Å². The number of rotatable bonds is 42. The second kappa shape index (κ2) is 82.7. The third-order valence-electron chi connectivity index (χ3n) is 9.92. The zero-order valence-corrected chi connectivity index (χ0v) is 55.1. The second-order valence-electron chi connectivity index (χ2n) is 17.2. The van der Waals surface area contributed by atoms with Gasteiger partial charge < -0.3 is 59.4 Å². The summed E-state index contributed by atoms with van der Waals surface area (Å²) in [6, 6.07) is 0. The van der Waals surface area contributed by atoms with E-state index in [1.165, 1.54) is 167 Å². The molecule has 0 heterocycles. The summed E-state index contributed by atoms with van der Waals surface area (Å²) in [5, 5.41) is 57.8. The Morgan fingerprint density at radius 3 is 0.549 bits per heavy atom. The van der Waals surface area contributed by atoms with Gasteiger partial charge in [-0.2, -0.15) is 0 Å². The fourth-order valence-corrected chi connectivity index (χ4v) is 18.1. The zero-order chi connectivity index (χ0) is 55.3. The molecule has 15 heteroatoms. The Kier molecular flexibility index (Phi) is 97.5. The molecule has 0 aromatic heterocycles. The van der Waals surface area contributed by atoms with E-state index in [4.69, 9.17) is 0 Å². The molecule has 0 bridgehead atoms. The predicted molar refractivity (Wildman–Crippen MR) is 288 cm³/mol. The van der Waals surface area contributed by atoms with Gasteiger partial charge in [-0.05, 0) is 50.0 Å². The number of carbonyl (C=O) groups excluding carboxylic acids is 6. The molecule has 0 rings (SSSR count). The molecule has 12 nitrogen and oxygen atoms in total. The SMILES string of the molecule is CCCCCCCCCCCC(=O)[O-].CCCCCCCCCCCC(=O)[O-].CCC[CH2][Sn+2][CH2]CCC.CCC[CH2][Sn+2][CH2]CCC.CCC[CH2][Sn+2][CH2]CCC.O=C([O-])/C=C\C(=O)[O-].O=C([O-])/C=C\C(=O)[O-]. The molecule has 0 saturated carbocycles. The minimum absolute atomic E-state index is 0.149. The first kappa shape index (κ1) is 83.7. The molecule has 0 aliphatic carbocycles. The third kappa shape index (κ3) is 129. The number of hydrogen-bond acceptors (Lipinski definition) is 12. The first-order valence-electron chi connectivity index (χ1n) is 27.8. The minimum atomic E-state index is -1.55. The number of hydrogen-bond donors (Lipinski definition) is 0. The monoisotopic (exact) mass is 1330 g/mol. The molecule has 412 valence electrons. The van der Waals surface area contributed by atoms with Crippen molar-refractivity contribution in [2.75, 3.05) is 0 Å². The normalized spacial score (nSPS) is 9.69. The minimum Gasteiger partial charge on any atom is -0.545 e. The molecule has 71 heavy (non-hydrogen) atoms. The Hall–Kier alpha value is -1.30. The molecule has 0 unspecified atom stereocenters. The summed E-state index contributed by atoms with van der Waals surface area (Å²) in [6.07, 6.45) is 41.4. The van der Waals surface area contributed by atoms with Gasteiger partial charge in [0.15, 0.2) is 0 Å². The number of aliphatic carboxylic acids is 6. The Labute approximate surface area is 466 Å². The molecule has 0 spiro atoms. The van der Waals surface area contributed by atoms with Crippen molar-refractivity contribution >= 4 is 99.2 Å². The summed E-state index contributed by atoms with van der Waals surface area (Å²) in [7, 11) is 0. The first-order valence-corrected chi connectivity index (χ1v) is 39.9. The van der Waals surface area contributed by atoms with Crippen LogP contribution in [0, 0.1) is 0 Å². The van der Waals surface area contributed by atoms with Crippen LogP contribution in [0.15, 0.2) is 24.3 Å². The van der Waals surface area contributed by atoms with Crippen molar-refractivity contribution in [3.63, 3.8) is 0 Å². The van der Waals surface area contributed by atoms with Gasteiger partial charge in [0.1, 0.15) is 0 Å². The van der Waals surface area contributed by atoms with Crippen molar-refractivity contribution < 1.29 is 59.4 Å². The van der Waals surface area contributed by atoms with Gasteiger partial charge in [0.2, 0.25) is 0 Å². The first-order chi connectivity index (χ1) is 34.0. The topological polar surface area (TPSA) is 241 Å². The van der Waals surface area contributed by atoms with Crippen LogP contribution < -0.4 is 30.6 Å². The van der Waals surface area contributed by atoms with Gasteiger partial charge in [0.05, 0.1) is 23.9 Å². The summed E-state index contributed by atoms with van der Waals surface area (Å²) in [5.41, 5.74) is 0. The van der Waals surface area contributed by atoms with Gasteiger partial charge >= 0.3 is 209 Å². The standard InChI is InChI=1S/2C12H24O2.2C4H4O4.6C4H9.3Sn/c2*1-2-3-4-5-6-7-8-9-10-11-12(13)14;2*5-3(6)1-2-4(7)8;6*1-3-4-2;;;/h2*2-11H2,1H3,(H,13,14);2*1-2H,(H,5,6)(H,7,8);6*1,3-4H2,2H3;;;/q;;;;;;;;;;3*+2/p-6/b;;2*2-1-;;;;;;;;;. The van der Waals surface area contributed by atoms with Crippen molar-refractivity contribution in [3.8, 4) is 0 Å². The van der Waals surface area contributed by atoms with Crippen molar-refractivity contribution in [2.45, 2.75) is 287 Å². The zero-order valence-electron chi connectivity index (χ0n) is 46.6. The molecule has 0 aliphatic rings. The maximum absolute atomic E-state index is 10.1. The van der Waals surface area contributed by atoms with Crippen LogP contribution in [0.3, 0.4) is 0 Å². The van der Waals surface area contributed by atoms with Gasteiger partial charge in [-0.3, -0.25) is 0 Å². The van der Waals surface area contributed by atoms with Crippen LogP contribution in [-0.2, 0) is 28.8 Å². The van der Waals surface area contributed by atoms with E-state index in [9.17, 15) is 59.4 Å². The van der Waals surface area contributed by atoms with Crippen LogP contribution >= 0.6 is 0 Å². The van der Waals surface area contributed by atoms with Gasteiger partial charge in [-0.25, -0.2) is 0 Å². The largest absolute Gasteiger partial charge is 0.545 e. The van der Waals surface area contributed by atoms with Gasteiger partial charge in [-0.1, -0.05) is 117 Å². The van der Waals surface area contributed by atoms with E-state index < -0.39 is 35.8 Å². The Morgan fingerprint density at radius 2 is 0.408 bits per heavy atom. The molecule has 0 aromatic rings. The molecule has 0 atom stereocenters. The van der Waals surface area contributed by atoms with Crippen molar-refractivity contribution in [1.29, 1.82) is 0 Å². The number of unbranched alkanes of at least 4 members (excludes halogenated alkanes) is 22. The molecule has 0 fully saturated rings.